The second-order valence-corrected chi connectivity index (χ2v) is 11.0. The summed E-state index contributed by atoms with van der Waals surface area (Å²) >= 11 is 0. The Balaban J connectivity index is 1.37. The van der Waals surface area contributed by atoms with Crippen molar-refractivity contribution in [3.63, 3.8) is 0 Å². The van der Waals surface area contributed by atoms with Crippen molar-refractivity contribution >= 4 is 27.5 Å². The summed E-state index contributed by atoms with van der Waals surface area (Å²) in [7, 11) is -3.68. The number of ether oxygens (including phenoxy) is 1. The molecule has 0 unspecified atom stereocenters. The number of amides is 2. The minimum Gasteiger partial charge on any atom is -0.482 e. The fourth-order valence-corrected chi connectivity index (χ4v) is 6.60. The van der Waals surface area contributed by atoms with Gasteiger partial charge in [-0.25, -0.2) is 8.42 Å². The first kappa shape index (κ1) is 22.9. The third-order valence-corrected chi connectivity index (χ3v) is 8.73. The van der Waals surface area contributed by atoms with Gasteiger partial charge < -0.3 is 10.1 Å². The summed E-state index contributed by atoms with van der Waals surface area (Å²) in [4.78, 5) is 27.1. The zero-order valence-electron chi connectivity index (χ0n) is 19.0. The van der Waals surface area contributed by atoms with Crippen molar-refractivity contribution in [1.29, 1.82) is 0 Å². The summed E-state index contributed by atoms with van der Waals surface area (Å²) in [6, 6.07) is 12.5. The minimum atomic E-state index is -3.68. The number of nitrogens with one attached hydrogen (secondary N) is 1. The molecule has 0 saturated carbocycles. The number of hydrogen-bond acceptors (Lipinski definition) is 5. The molecular formula is C25H29N3O5S. The van der Waals surface area contributed by atoms with E-state index in [1.807, 2.05) is 18.2 Å². The molecule has 180 valence electrons. The number of rotatable bonds is 5. The normalized spacial score (nSPS) is 20.8. The maximum atomic E-state index is 13.2. The molecule has 3 aliphatic rings. The van der Waals surface area contributed by atoms with Crippen molar-refractivity contribution in [2.24, 2.45) is 0 Å². The average molecular weight is 484 g/mol. The minimum absolute atomic E-state index is 0.0983. The first-order valence-electron chi connectivity index (χ1n) is 11.9. The van der Waals surface area contributed by atoms with Crippen molar-refractivity contribution in [1.82, 2.24) is 9.62 Å². The zero-order chi connectivity index (χ0) is 23.7. The van der Waals surface area contributed by atoms with Gasteiger partial charge in [0.2, 0.25) is 15.9 Å². The van der Waals surface area contributed by atoms with Crippen LogP contribution in [0.2, 0.25) is 0 Å². The molecule has 1 fully saturated rings. The van der Waals surface area contributed by atoms with Gasteiger partial charge in [0.15, 0.2) is 6.61 Å². The standard InChI is InChI=1S/C25H29N3O5S/c29-24(26-21-10-6-8-18-7-2-3-9-20(18)21)16-28-22-15-19(11-12-23(22)33-17-25(28)30)34(31,32)27-13-4-1-5-14-27/h2-3,7,9,11-12,15,21H,1,4-6,8,10,13-14,16-17H2,(H,26,29)/t21-/m1/s1. The van der Waals surface area contributed by atoms with Gasteiger partial charge in [0.05, 0.1) is 16.6 Å². The van der Waals surface area contributed by atoms with Crippen molar-refractivity contribution in [3.05, 3.63) is 53.6 Å². The van der Waals surface area contributed by atoms with Crippen LogP contribution in [0.1, 0.15) is 49.3 Å². The highest BCUT2D eigenvalue weighted by molar-refractivity contribution is 7.89. The van der Waals surface area contributed by atoms with E-state index >= 15 is 0 Å². The number of carbonyl (C=O) groups excluding carboxylic acids is 2. The number of piperidine rings is 1. The lowest BCUT2D eigenvalue weighted by atomic mass is 9.88. The maximum absolute atomic E-state index is 13.2. The number of fused-ring (bicyclic) bond motifs is 2. The number of anilines is 1. The third-order valence-electron chi connectivity index (χ3n) is 6.83. The predicted molar refractivity (Wildman–Crippen MR) is 127 cm³/mol. The summed E-state index contributed by atoms with van der Waals surface area (Å²) in [5.74, 6) is -0.264. The van der Waals surface area contributed by atoms with Crippen LogP contribution in [0.5, 0.6) is 5.75 Å². The highest BCUT2D eigenvalue weighted by Gasteiger charge is 2.32. The van der Waals surface area contributed by atoms with Crippen LogP contribution in [0, 0.1) is 0 Å². The molecule has 34 heavy (non-hydrogen) atoms. The summed E-state index contributed by atoms with van der Waals surface area (Å²) in [6.07, 6.45) is 5.51. The van der Waals surface area contributed by atoms with Crippen molar-refractivity contribution < 1.29 is 22.7 Å². The molecule has 0 aromatic heterocycles. The molecule has 0 spiro atoms. The van der Waals surface area contributed by atoms with Gasteiger partial charge in [0.1, 0.15) is 12.3 Å². The SMILES string of the molecule is O=C(CN1C(=O)COc2ccc(S(=O)(=O)N3CCCCC3)cc21)N[C@@H]1CCCc2ccccc21. The Bertz CT molecular complexity index is 1210. The average Bonchev–Trinajstić information content (AvgIpc) is 2.86. The van der Waals surface area contributed by atoms with Gasteiger partial charge in [0.25, 0.3) is 5.91 Å². The fourth-order valence-electron chi connectivity index (χ4n) is 5.06. The largest absolute Gasteiger partial charge is 0.482 e. The zero-order valence-corrected chi connectivity index (χ0v) is 19.9. The second-order valence-electron chi connectivity index (χ2n) is 9.07. The highest BCUT2D eigenvalue weighted by Crippen LogP contribution is 2.35. The lowest BCUT2D eigenvalue weighted by Gasteiger charge is -2.31. The van der Waals surface area contributed by atoms with Crippen LogP contribution in [0.4, 0.5) is 5.69 Å². The first-order valence-corrected chi connectivity index (χ1v) is 13.3. The van der Waals surface area contributed by atoms with E-state index in [1.54, 1.807) is 6.07 Å². The van der Waals surface area contributed by atoms with E-state index < -0.39 is 10.0 Å². The second kappa shape index (κ2) is 9.38. The number of benzene rings is 2. The Morgan fingerprint density at radius 1 is 1.06 bits per heavy atom. The molecule has 1 saturated heterocycles. The molecule has 2 amide bonds. The molecule has 5 rings (SSSR count). The molecule has 2 aromatic carbocycles. The van der Waals surface area contributed by atoms with Crippen LogP contribution < -0.4 is 15.0 Å². The molecule has 9 heteroatoms. The van der Waals surface area contributed by atoms with E-state index in [0.29, 0.717) is 24.5 Å². The molecular weight excluding hydrogens is 454 g/mol. The molecule has 0 bridgehead atoms. The molecule has 1 N–H and O–H groups in total. The summed E-state index contributed by atoms with van der Waals surface area (Å²) in [5.41, 5.74) is 2.67. The van der Waals surface area contributed by atoms with E-state index in [0.717, 1.165) is 44.1 Å². The van der Waals surface area contributed by atoms with Gasteiger partial charge >= 0.3 is 0 Å². The van der Waals surface area contributed by atoms with E-state index in [-0.39, 0.29) is 35.9 Å². The van der Waals surface area contributed by atoms with Crippen molar-refractivity contribution in [2.75, 3.05) is 31.1 Å². The lowest BCUT2D eigenvalue weighted by Crippen LogP contribution is -2.46. The summed E-state index contributed by atoms with van der Waals surface area (Å²) < 4.78 is 33.3. The van der Waals surface area contributed by atoms with Crippen LogP contribution in [-0.2, 0) is 26.0 Å². The monoisotopic (exact) mass is 483 g/mol. The summed E-state index contributed by atoms with van der Waals surface area (Å²) in [5, 5.41) is 3.07. The van der Waals surface area contributed by atoms with Crippen LogP contribution in [0.25, 0.3) is 0 Å². The smallest absolute Gasteiger partial charge is 0.265 e. The fraction of sp³-hybridized carbons (Fsp3) is 0.440. The Morgan fingerprint density at radius 2 is 1.85 bits per heavy atom. The molecule has 2 heterocycles. The molecule has 0 radical (unpaired) electrons. The van der Waals surface area contributed by atoms with Crippen LogP contribution in [0.15, 0.2) is 47.4 Å². The topological polar surface area (TPSA) is 96.0 Å². The number of nitrogens with zero attached hydrogens (tertiary/aromatic N) is 2. The van der Waals surface area contributed by atoms with E-state index in [4.69, 9.17) is 4.74 Å². The molecule has 1 aliphatic carbocycles. The van der Waals surface area contributed by atoms with Crippen molar-refractivity contribution in [2.45, 2.75) is 49.5 Å². The number of hydrogen-bond donors (Lipinski definition) is 1. The van der Waals surface area contributed by atoms with Crippen LogP contribution in [-0.4, -0.2) is 50.8 Å². The molecule has 2 aromatic rings. The van der Waals surface area contributed by atoms with Crippen LogP contribution in [0.3, 0.4) is 0 Å². The summed E-state index contributed by atoms with van der Waals surface area (Å²) in [6.45, 7) is 0.597. The van der Waals surface area contributed by atoms with Crippen molar-refractivity contribution in [3.8, 4) is 5.75 Å². The van der Waals surface area contributed by atoms with E-state index in [9.17, 15) is 18.0 Å². The third kappa shape index (κ3) is 4.42. The Labute approximate surface area is 199 Å². The molecule has 8 nitrogen and oxygen atoms in total. The highest BCUT2D eigenvalue weighted by atomic mass is 32.2. The van der Waals surface area contributed by atoms with Gasteiger partial charge in [0, 0.05) is 13.1 Å². The number of carbonyl (C=O) groups is 2. The van der Waals surface area contributed by atoms with Gasteiger partial charge in [-0.3, -0.25) is 14.5 Å². The van der Waals surface area contributed by atoms with E-state index in [1.165, 1.54) is 26.9 Å². The van der Waals surface area contributed by atoms with E-state index in [2.05, 4.69) is 11.4 Å². The number of sulfonamides is 1. The predicted octanol–water partition coefficient (Wildman–Crippen LogP) is 2.78. The number of aryl methyl sites for hydroxylation is 1. The lowest BCUT2D eigenvalue weighted by molar-refractivity contribution is -0.125. The van der Waals surface area contributed by atoms with Crippen LogP contribution >= 0.6 is 0 Å². The molecule has 2 aliphatic heterocycles. The van der Waals surface area contributed by atoms with Gasteiger partial charge in [-0.1, -0.05) is 30.7 Å². The quantitative estimate of drug-likeness (QED) is 0.706. The first-order chi connectivity index (χ1) is 16.4. The van der Waals surface area contributed by atoms with Gasteiger partial charge in [-0.2, -0.15) is 4.31 Å². The molecule has 1 atom stereocenters. The van der Waals surface area contributed by atoms with Gasteiger partial charge in [-0.05, 0) is 61.4 Å². The van der Waals surface area contributed by atoms with Gasteiger partial charge in [-0.15, -0.1) is 0 Å². The maximum Gasteiger partial charge on any atom is 0.265 e. The Morgan fingerprint density at radius 3 is 2.68 bits per heavy atom. The Hall–Kier alpha value is -2.91. The Kier molecular flexibility index (Phi) is 6.31.